The Bertz CT molecular complexity index is 1090. The first-order chi connectivity index (χ1) is 14.7. The monoisotopic (exact) mass is 430 g/mol. The van der Waals surface area contributed by atoms with Crippen molar-refractivity contribution in [3.63, 3.8) is 0 Å². The average molecular weight is 430 g/mol. The lowest BCUT2D eigenvalue weighted by Crippen LogP contribution is -2.31. The molecule has 3 aromatic rings. The van der Waals surface area contributed by atoms with Crippen LogP contribution in [-0.2, 0) is 22.8 Å². The molecular formula is C21H17F3N4O3. The maximum absolute atomic E-state index is 13.1. The van der Waals surface area contributed by atoms with Gasteiger partial charge in [0.1, 0.15) is 0 Å². The van der Waals surface area contributed by atoms with Gasteiger partial charge in [0, 0.05) is 13.2 Å². The number of amides is 1. The molecule has 0 aliphatic rings. The third-order valence-corrected chi connectivity index (χ3v) is 4.04. The number of anilines is 1. The molecule has 0 N–H and O–H groups in total. The number of esters is 1. The second kappa shape index (κ2) is 9.24. The first-order valence-corrected chi connectivity index (χ1v) is 8.99. The predicted octanol–water partition coefficient (Wildman–Crippen LogP) is 3.66. The van der Waals surface area contributed by atoms with E-state index in [9.17, 15) is 22.8 Å². The summed E-state index contributed by atoms with van der Waals surface area (Å²) in [4.78, 5) is 24.8. The fraction of sp³-hybridized carbons (Fsp3) is 0.143. The molecule has 0 radical (unpaired) electrons. The number of benzene rings is 2. The Kier molecular flexibility index (Phi) is 6.49. The fourth-order valence-corrected chi connectivity index (χ4v) is 2.55. The molecule has 2 aromatic carbocycles. The van der Waals surface area contributed by atoms with Crippen LogP contribution in [0.2, 0.25) is 0 Å². The van der Waals surface area contributed by atoms with Gasteiger partial charge in [0.15, 0.2) is 6.61 Å². The standard InChI is InChI=1S/C21H17F3N4O3/c1-27-13-16(12-25-27)20(30)31-14-19(29)28(26-11-15-6-3-2-4-7-15)18-9-5-8-17(10-18)21(22,23)24/h2-13H,14H2,1H3. The van der Waals surface area contributed by atoms with Crippen molar-refractivity contribution in [3.05, 3.63) is 83.7 Å². The Morgan fingerprint density at radius 2 is 1.90 bits per heavy atom. The van der Waals surface area contributed by atoms with Crippen LogP contribution in [0.1, 0.15) is 21.5 Å². The number of carbonyl (C=O) groups is 2. The summed E-state index contributed by atoms with van der Waals surface area (Å²) in [6.07, 6.45) is -0.600. The topological polar surface area (TPSA) is 76.8 Å². The number of ether oxygens (including phenoxy) is 1. The lowest BCUT2D eigenvalue weighted by atomic mass is 10.2. The van der Waals surface area contributed by atoms with Gasteiger partial charge in [-0.1, -0.05) is 36.4 Å². The minimum Gasteiger partial charge on any atom is -0.452 e. The molecule has 31 heavy (non-hydrogen) atoms. The first kappa shape index (κ1) is 21.8. The molecule has 0 saturated carbocycles. The van der Waals surface area contributed by atoms with E-state index in [0.717, 1.165) is 23.2 Å². The molecule has 0 atom stereocenters. The molecule has 0 saturated heterocycles. The summed E-state index contributed by atoms with van der Waals surface area (Å²) < 4.78 is 45.7. The second-order valence-corrected chi connectivity index (χ2v) is 6.39. The Hall–Kier alpha value is -3.95. The molecular weight excluding hydrogens is 413 g/mol. The molecule has 0 spiro atoms. The number of carbonyl (C=O) groups excluding carboxylic acids is 2. The molecule has 0 fully saturated rings. The number of rotatable bonds is 6. The molecule has 0 unspecified atom stereocenters. The van der Waals surface area contributed by atoms with Crippen LogP contribution in [-0.4, -0.2) is 34.5 Å². The Labute approximate surface area is 175 Å². The van der Waals surface area contributed by atoms with Crippen molar-refractivity contribution in [1.29, 1.82) is 0 Å². The van der Waals surface area contributed by atoms with Crippen molar-refractivity contribution in [1.82, 2.24) is 9.78 Å². The smallest absolute Gasteiger partial charge is 0.416 e. The molecule has 7 nitrogen and oxygen atoms in total. The third-order valence-electron chi connectivity index (χ3n) is 4.04. The van der Waals surface area contributed by atoms with Gasteiger partial charge in [-0.25, -0.2) is 4.79 Å². The van der Waals surface area contributed by atoms with Gasteiger partial charge in [0.25, 0.3) is 5.91 Å². The van der Waals surface area contributed by atoms with Gasteiger partial charge in [0.2, 0.25) is 0 Å². The van der Waals surface area contributed by atoms with E-state index < -0.39 is 30.2 Å². The zero-order valence-corrected chi connectivity index (χ0v) is 16.3. The number of aromatic nitrogens is 2. The van der Waals surface area contributed by atoms with Crippen LogP contribution in [0.15, 0.2) is 72.1 Å². The van der Waals surface area contributed by atoms with E-state index >= 15 is 0 Å². The van der Waals surface area contributed by atoms with Crippen molar-refractivity contribution >= 4 is 23.8 Å². The summed E-state index contributed by atoms with van der Waals surface area (Å²) in [5.41, 5.74) is -0.303. The minimum atomic E-state index is -4.60. The molecule has 160 valence electrons. The molecule has 3 rings (SSSR count). The van der Waals surface area contributed by atoms with Crippen LogP contribution < -0.4 is 5.01 Å². The molecule has 0 aliphatic carbocycles. The van der Waals surface area contributed by atoms with E-state index in [-0.39, 0.29) is 11.3 Å². The van der Waals surface area contributed by atoms with Crippen molar-refractivity contribution < 1.29 is 27.5 Å². The maximum atomic E-state index is 13.1. The van der Waals surface area contributed by atoms with E-state index in [1.54, 1.807) is 37.4 Å². The van der Waals surface area contributed by atoms with Gasteiger partial charge >= 0.3 is 12.1 Å². The van der Waals surface area contributed by atoms with Crippen LogP contribution in [0.3, 0.4) is 0 Å². The molecule has 10 heteroatoms. The lowest BCUT2D eigenvalue weighted by molar-refractivity contribution is -0.137. The largest absolute Gasteiger partial charge is 0.452 e. The van der Waals surface area contributed by atoms with Gasteiger partial charge < -0.3 is 4.74 Å². The van der Waals surface area contributed by atoms with E-state index in [0.29, 0.717) is 5.56 Å². The molecule has 0 bridgehead atoms. The van der Waals surface area contributed by atoms with Crippen molar-refractivity contribution in [2.75, 3.05) is 11.6 Å². The normalized spacial score (nSPS) is 11.5. The molecule has 1 amide bonds. The number of aryl methyl sites for hydroxylation is 1. The van der Waals surface area contributed by atoms with Gasteiger partial charge in [-0.05, 0) is 23.8 Å². The third kappa shape index (κ3) is 5.78. The molecule has 1 heterocycles. The number of hydrazone groups is 1. The van der Waals surface area contributed by atoms with Gasteiger partial charge in [-0.15, -0.1) is 0 Å². The number of alkyl halides is 3. The first-order valence-electron chi connectivity index (χ1n) is 8.99. The molecule has 1 aromatic heterocycles. The summed E-state index contributed by atoms with van der Waals surface area (Å²) in [5, 5.41) is 8.62. The summed E-state index contributed by atoms with van der Waals surface area (Å²) in [6, 6.07) is 12.8. The number of hydrogen-bond donors (Lipinski definition) is 0. The van der Waals surface area contributed by atoms with E-state index in [1.165, 1.54) is 29.4 Å². The number of hydrogen-bond acceptors (Lipinski definition) is 5. The summed E-state index contributed by atoms with van der Waals surface area (Å²) in [7, 11) is 1.61. The lowest BCUT2D eigenvalue weighted by Gasteiger charge is -2.18. The van der Waals surface area contributed by atoms with Crippen molar-refractivity contribution in [3.8, 4) is 0 Å². The number of halogens is 3. The predicted molar refractivity (Wildman–Crippen MR) is 106 cm³/mol. The Balaban J connectivity index is 1.84. The number of nitrogens with zero attached hydrogens (tertiary/aromatic N) is 4. The second-order valence-electron chi connectivity index (χ2n) is 6.39. The zero-order chi connectivity index (χ0) is 22.4. The summed E-state index contributed by atoms with van der Waals surface area (Å²) in [5.74, 6) is -1.62. The van der Waals surface area contributed by atoms with Crippen LogP contribution in [0.5, 0.6) is 0 Å². The Morgan fingerprint density at radius 1 is 1.16 bits per heavy atom. The highest BCUT2D eigenvalue weighted by atomic mass is 19.4. The van der Waals surface area contributed by atoms with Crippen molar-refractivity contribution in [2.45, 2.75) is 6.18 Å². The van der Waals surface area contributed by atoms with Gasteiger partial charge in [-0.3, -0.25) is 9.48 Å². The highest BCUT2D eigenvalue weighted by molar-refractivity contribution is 5.98. The van der Waals surface area contributed by atoms with E-state index in [4.69, 9.17) is 4.74 Å². The van der Waals surface area contributed by atoms with Crippen LogP contribution >= 0.6 is 0 Å². The summed E-state index contributed by atoms with van der Waals surface area (Å²) in [6.45, 7) is -0.726. The Morgan fingerprint density at radius 3 is 2.55 bits per heavy atom. The van der Waals surface area contributed by atoms with E-state index in [1.807, 2.05) is 0 Å². The average Bonchev–Trinajstić information content (AvgIpc) is 3.19. The van der Waals surface area contributed by atoms with Gasteiger partial charge in [-0.2, -0.15) is 28.4 Å². The van der Waals surface area contributed by atoms with Crippen LogP contribution in [0.4, 0.5) is 18.9 Å². The molecule has 0 aliphatic heterocycles. The fourth-order valence-electron chi connectivity index (χ4n) is 2.55. The maximum Gasteiger partial charge on any atom is 0.416 e. The summed E-state index contributed by atoms with van der Waals surface area (Å²) >= 11 is 0. The minimum absolute atomic E-state index is 0.121. The van der Waals surface area contributed by atoms with Crippen molar-refractivity contribution in [2.24, 2.45) is 12.1 Å². The van der Waals surface area contributed by atoms with Crippen LogP contribution in [0.25, 0.3) is 0 Å². The quantitative estimate of drug-likeness (QED) is 0.340. The van der Waals surface area contributed by atoms with E-state index in [2.05, 4.69) is 10.2 Å². The SMILES string of the molecule is Cn1cc(C(=O)OCC(=O)N(N=Cc2ccccc2)c2cccc(C(F)(F)F)c2)cn1. The van der Waals surface area contributed by atoms with Gasteiger partial charge in [0.05, 0.1) is 29.2 Å². The zero-order valence-electron chi connectivity index (χ0n) is 16.3. The van der Waals surface area contributed by atoms with Crippen LogP contribution in [0, 0.1) is 0 Å². The highest BCUT2D eigenvalue weighted by Crippen LogP contribution is 2.31. The highest BCUT2D eigenvalue weighted by Gasteiger charge is 2.31.